The van der Waals surface area contributed by atoms with E-state index in [0.29, 0.717) is 18.1 Å². The first kappa shape index (κ1) is 22.8. The molecule has 0 radical (unpaired) electrons. The van der Waals surface area contributed by atoms with Crippen molar-refractivity contribution in [1.82, 2.24) is 14.9 Å². The lowest BCUT2D eigenvalue weighted by molar-refractivity contribution is -0.120. The minimum atomic E-state index is -0.552. The quantitative estimate of drug-likeness (QED) is 0.357. The highest BCUT2D eigenvalue weighted by Crippen LogP contribution is 2.33. The number of aryl methyl sites for hydroxylation is 2. The van der Waals surface area contributed by atoms with Gasteiger partial charge in [-0.1, -0.05) is 36.4 Å². The predicted octanol–water partition coefficient (Wildman–Crippen LogP) is 5.91. The van der Waals surface area contributed by atoms with Crippen LogP contribution in [-0.2, 0) is 29.0 Å². The van der Waals surface area contributed by atoms with E-state index in [1.165, 1.54) is 51.2 Å². The van der Waals surface area contributed by atoms with Crippen LogP contribution in [0.4, 0.5) is 9.93 Å². The van der Waals surface area contributed by atoms with Gasteiger partial charge in [-0.25, -0.2) is 9.78 Å². The second kappa shape index (κ2) is 9.78. The van der Waals surface area contributed by atoms with Gasteiger partial charge < -0.3 is 15.0 Å². The number of likely N-dealkylation sites (tertiary alicyclic amines) is 1. The van der Waals surface area contributed by atoms with Crippen molar-refractivity contribution in [2.45, 2.75) is 51.2 Å². The smallest absolute Gasteiger partial charge is 0.410 e. The number of carbonyl (C=O) groups is 2. The highest BCUT2D eigenvalue weighted by atomic mass is 32.1. The lowest BCUT2D eigenvalue weighted by atomic mass is 9.95. The molecule has 2 aliphatic rings. The van der Waals surface area contributed by atoms with Crippen LogP contribution < -0.4 is 5.32 Å². The number of hydrogen-bond donors (Lipinski definition) is 2. The van der Waals surface area contributed by atoms with Crippen molar-refractivity contribution in [2.24, 2.45) is 0 Å². The van der Waals surface area contributed by atoms with Crippen LogP contribution in [0.5, 0.6) is 0 Å². The number of aromatic nitrogens is 2. The Kier molecular flexibility index (Phi) is 6.19. The fourth-order valence-corrected chi connectivity index (χ4v) is 6.00. The highest BCUT2D eigenvalue weighted by Gasteiger charge is 2.35. The molecule has 2 aromatic carbocycles. The van der Waals surface area contributed by atoms with Gasteiger partial charge in [0.2, 0.25) is 5.91 Å². The molecule has 2 aromatic heterocycles. The van der Waals surface area contributed by atoms with E-state index in [-0.39, 0.29) is 12.5 Å². The molecule has 2 N–H and O–H groups in total. The van der Waals surface area contributed by atoms with E-state index in [4.69, 9.17) is 4.74 Å². The Morgan fingerprint density at radius 2 is 1.97 bits per heavy atom. The summed E-state index contributed by atoms with van der Waals surface area (Å²) in [7, 11) is 0. The van der Waals surface area contributed by atoms with Gasteiger partial charge in [0.05, 0.1) is 5.69 Å². The number of aromatic amines is 1. The second-order valence-electron chi connectivity index (χ2n) is 9.47. The van der Waals surface area contributed by atoms with Crippen LogP contribution in [0.15, 0.2) is 53.9 Å². The van der Waals surface area contributed by atoms with Gasteiger partial charge in [0.1, 0.15) is 12.6 Å². The third-order valence-corrected chi connectivity index (χ3v) is 7.88. The zero-order valence-electron chi connectivity index (χ0n) is 20.0. The molecule has 1 fully saturated rings. The molecule has 8 heteroatoms. The van der Waals surface area contributed by atoms with Crippen LogP contribution in [0.25, 0.3) is 22.2 Å². The minimum Gasteiger partial charge on any atom is -0.445 e. The third kappa shape index (κ3) is 4.48. The Balaban J connectivity index is 1.12. The summed E-state index contributed by atoms with van der Waals surface area (Å²) in [6, 6.07) is 15.4. The number of carbonyl (C=O) groups excluding carboxylic acids is 2. The number of rotatable bonds is 5. The maximum atomic E-state index is 13.1. The van der Waals surface area contributed by atoms with Crippen LogP contribution in [0.1, 0.15) is 42.5 Å². The van der Waals surface area contributed by atoms with E-state index < -0.39 is 12.1 Å². The molecule has 0 saturated carbocycles. The first-order chi connectivity index (χ1) is 17.7. The Hall–Kier alpha value is -3.65. The van der Waals surface area contributed by atoms with Crippen molar-refractivity contribution in [3.8, 4) is 11.3 Å². The summed E-state index contributed by atoms with van der Waals surface area (Å²) in [5, 5.41) is 6.71. The van der Waals surface area contributed by atoms with Gasteiger partial charge in [0.25, 0.3) is 0 Å². The number of thiazole rings is 1. The van der Waals surface area contributed by atoms with Gasteiger partial charge in [-0.05, 0) is 61.8 Å². The zero-order chi connectivity index (χ0) is 24.5. The van der Waals surface area contributed by atoms with E-state index in [1.54, 1.807) is 0 Å². The number of benzene rings is 2. The van der Waals surface area contributed by atoms with Gasteiger partial charge >= 0.3 is 6.09 Å². The summed E-state index contributed by atoms with van der Waals surface area (Å²) in [5.41, 5.74) is 6.77. The van der Waals surface area contributed by atoms with Crippen molar-refractivity contribution in [1.29, 1.82) is 0 Å². The molecule has 1 atom stereocenters. The Morgan fingerprint density at radius 1 is 1.11 bits per heavy atom. The number of hydrogen-bond acceptors (Lipinski definition) is 5. The van der Waals surface area contributed by atoms with Crippen LogP contribution >= 0.6 is 11.3 Å². The van der Waals surface area contributed by atoms with Crippen molar-refractivity contribution in [3.05, 3.63) is 70.7 Å². The van der Waals surface area contributed by atoms with Gasteiger partial charge in [-0.2, -0.15) is 0 Å². The molecular formula is C28H28N4O3S. The first-order valence-electron chi connectivity index (χ1n) is 12.5. The summed E-state index contributed by atoms with van der Waals surface area (Å²) in [6.07, 6.45) is 5.62. The standard InChI is InChI=1S/C28H28N4O3S/c33-26(25-11-6-14-32(25)28(34)35-16-18-7-2-1-3-8-18)31-27-30-24(17-36-27)19-12-13-23-21(15-19)20-9-4-5-10-22(20)29-23/h1-3,7-8,12-13,15,17,25,29H,4-6,9-11,14,16H2,(H,30,31,33). The number of anilines is 1. The average molecular weight is 501 g/mol. The molecule has 6 rings (SSSR count). The fraction of sp³-hybridized carbons (Fsp3) is 0.321. The normalized spacial score (nSPS) is 17.2. The van der Waals surface area contributed by atoms with E-state index in [2.05, 4.69) is 33.5 Å². The van der Waals surface area contributed by atoms with E-state index >= 15 is 0 Å². The number of nitrogens with zero attached hydrogens (tertiary/aromatic N) is 2. The molecular weight excluding hydrogens is 472 g/mol. The molecule has 1 saturated heterocycles. The Labute approximate surface area is 213 Å². The summed E-state index contributed by atoms with van der Waals surface area (Å²) in [5.74, 6) is -0.222. The minimum absolute atomic E-state index is 0.190. The van der Waals surface area contributed by atoms with Crippen molar-refractivity contribution in [3.63, 3.8) is 0 Å². The summed E-state index contributed by atoms with van der Waals surface area (Å²) >= 11 is 1.40. The monoisotopic (exact) mass is 500 g/mol. The molecule has 1 aliphatic heterocycles. The number of H-pyrrole nitrogens is 1. The largest absolute Gasteiger partial charge is 0.445 e. The molecule has 184 valence electrons. The summed E-state index contributed by atoms with van der Waals surface area (Å²) in [6.45, 7) is 0.699. The molecule has 0 spiro atoms. The van der Waals surface area contributed by atoms with Crippen LogP contribution in [0, 0.1) is 0 Å². The second-order valence-corrected chi connectivity index (χ2v) is 10.3. The van der Waals surface area contributed by atoms with Crippen LogP contribution in [0.2, 0.25) is 0 Å². The van der Waals surface area contributed by atoms with Crippen molar-refractivity contribution in [2.75, 3.05) is 11.9 Å². The highest BCUT2D eigenvalue weighted by molar-refractivity contribution is 7.14. The predicted molar refractivity (Wildman–Crippen MR) is 141 cm³/mol. The Bertz CT molecular complexity index is 1410. The average Bonchev–Trinajstić information content (AvgIpc) is 3.66. The molecule has 3 heterocycles. The summed E-state index contributed by atoms with van der Waals surface area (Å²) < 4.78 is 5.46. The lowest BCUT2D eigenvalue weighted by Gasteiger charge is -2.22. The molecule has 7 nitrogen and oxygen atoms in total. The molecule has 36 heavy (non-hydrogen) atoms. The SMILES string of the molecule is O=C(Nc1nc(-c2ccc3[nH]c4c(c3c2)CCCC4)cs1)C1CCCN1C(=O)OCc1ccccc1. The van der Waals surface area contributed by atoms with E-state index in [9.17, 15) is 9.59 Å². The van der Waals surface area contributed by atoms with Gasteiger partial charge in [0.15, 0.2) is 5.13 Å². The molecule has 0 bridgehead atoms. The van der Waals surface area contributed by atoms with Gasteiger partial charge in [-0.3, -0.25) is 9.69 Å². The molecule has 1 unspecified atom stereocenters. The van der Waals surface area contributed by atoms with E-state index in [1.807, 2.05) is 35.7 Å². The number of nitrogens with one attached hydrogen (secondary N) is 2. The maximum Gasteiger partial charge on any atom is 0.410 e. The Morgan fingerprint density at radius 3 is 2.86 bits per heavy atom. The van der Waals surface area contributed by atoms with Crippen LogP contribution in [-0.4, -0.2) is 39.5 Å². The fourth-order valence-electron chi connectivity index (χ4n) is 5.28. The summed E-state index contributed by atoms with van der Waals surface area (Å²) in [4.78, 5) is 35.5. The molecule has 2 amide bonds. The van der Waals surface area contributed by atoms with Gasteiger partial charge in [-0.15, -0.1) is 11.3 Å². The van der Waals surface area contributed by atoms with Crippen molar-refractivity contribution < 1.29 is 14.3 Å². The topological polar surface area (TPSA) is 87.3 Å². The van der Waals surface area contributed by atoms with E-state index in [0.717, 1.165) is 36.1 Å². The zero-order valence-corrected chi connectivity index (χ0v) is 20.8. The number of amides is 2. The van der Waals surface area contributed by atoms with Gasteiger partial charge in [0, 0.05) is 34.1 Å². The van der Waals surface area contributed by atoms with Crippen molar-refractivity contribution >= 4 is 39.4 Å². The first-order valence-corrected chi connectivity index (χ1v) is 13.4. The third-order valence-electron chi connectivity index (χ3n) is 7.12. The number of ether oxygens (including phenoxy) is 1. The molecule has 1 aliphatic carbocycles. The lowest BCUT2D eigenvalue weighted by Crippen LogP contribution is -2.43. The molecule has 4 aromatic rings. The maximum absolute atomic E-state index is 13.1. The van der Waals surface area contributed by atoms with Crippen LogP contribution in [0.3, 0.4) is 0 Å². The number of fused-ring (bicyclic) bond motifs is 3.